The summed E-state index contributed by atoms with van der Waals surface area (Å²) >= 11 is 3.26. The molecule has 0 fully saturated rings. The molecule has 0 radical (unpaired) electrons. The minimum Gasteiger partial charge on any atom is -0.274 e. The van der Waals surface area contributed by atoms with Gasteiger partial charge in [0.05, 0.1) is 17.2 Å². The molecule has 1 aromatic heterocycles. The van der Waals surface area contributed by atoms with Crippen LogP contribution in [-0.4, -0.2) is 41.6 Å². The summed E-state index contributed by atoms with van der Waals surface area (Å²) in [4.78, 5) is 21.5. The molecule has 0 bridgehead atoms. The van der Waals surface area contributed by atoms with Gasteiger partial charge in [0.1, 0.15) is 0 Å². The zero-order valence-corrected chi connectivity index (χ0v) is 12.7. The molecule has 18 heavy (non-hydrogen) atoms. The summed E-state index contributed by atoms with van der Waals surface area (Å²) < 4.78 is 0. The van der Waals surface area contributed by atoms with Crippen LogP contribution in [0, 0.1) is 0 Å². The Morgan fingerprint density at radius 1 is 1.28 bits per heavy atom. The van der Waals surface area contributed by atoms with E-state index in [1.807, 2.05) is 12.1 Å². The second kappa shape index (κ2) is 7.66. The van der Waals surface area contributed by atoms with Crippen molar-refractivity contribution in [3.63, 3.8) is 0 Å². The summed E-state index contributed by atoms with van der Waals surface area (Å²) in [5, 5.41) is 2.98. The lowest BCUT2D eigenvalue weighted by Crippen LogP contribution is -2.25. The van der Waals surface area contributed by atoms with Crippen molar-refractivity contribution in [1.29, 1.82) is 0 Å². The number of carbonyl (C=O) groups excluding carboxylic acids is 1. The largest absolute Gasteiger partial charge is 0.277 e. The van der Waals surface area contributed by atoms with Crippen molar-refractivity contribution in [3.8, 4) is 0 Å². The fourth-order valence-electron chi connectivity index (χ4n) is 1.31. The molecule has 0 spiro atoms. The van der Waals surface area contributed by atoms with E-state index in [1.165, 1.54) is 12.2 Å². The van der Waals surface area contributed by atoms with E-state index in [1.54, 1.807) is 30.6 Å². The standard InChI is InChI=1S/C12H18N2O2S2/c1-5-17-10-7-9(12(15)14(3)16-4)8-11(13-10)18-6-2/h7-8H,5-6H2,1-4H3. The quantitative estimate of drug-likeness (QED) is 0.594. The van der Waals surface area contributed by atoms with Crippen LogP contribution in [0.4, 0.5) is 0 Å². The summed E-state index contributed by atoms with van der Waals surface area (Å²) in [6.45, 7) is 4.13. The van der Waals surface area contributed by atoms with Gasteiger partial charge in [0.2, 0.25) is 0 Å². The third-order valence-corrected chi connectivity index (χ3v) is 3.76. The average molecular weight is 286 g/mol. The highest BCUT2D eigenvalue weighted by Gasteiger charge is 2.14. The number of aromatic nitrogens is 1. The van der Waals surface area contributed by atoms with Crippen molar-refractivity contribution in [2.45, 2.75) is 23.9 Å². The van der Waals surface area contributed by atoms with Crippen LogP contribution in [0.3, 0.4) is 0 Å². The van der Waals surface area contributed by atoms with Crippen molar-refractivity contribution < 1.29 is 9.63 Å². The Kier molecular flexibility index (Phi) is 6.52. The smallest absolute Gasteiger partial charge is 0.274 e. The molecule has 100 valence electrons. The van der Waals surface area contributed by atoms with Crippen LogP contribution < -0.4 is 0 Å². The highest BCUT2D eigenvalue weighted by molar-refractivity contribution is 7.99. The Labute approximate surface area is 116 Å². The molecule has 0 saturated carbocycles. The number of hydrogen-bond donors (Lipinski definition) is 0. The Morgan fingerprint density at radius 2 is 1.78 bits per heavy atom. The number of pyridine rings is 1. The molecule has 0 aliphatic rings. The fraction of sp³-hybridized carbons (Fsp3) is 0.500. The van der Waals surface area contributed by atoms with Gasteiger partial charge in [0, 0.05) is 12.6 Å². The third-order valence-electron chi connectivity index (χ3n) is 2.17. The predicted molar refractivity (Wildman–Crippen MR) is 76.1 cm³/mol. The van der Waals surface area contributed by atoms with E-state index in [2.05, 4.69) is 18.8 Å². The molecule has 1 amide bonds. The van der Waals surface area contributed by atoms with E-state index in [9.17, 15) is 4.79 Å². The SMILES string of the molecule is CCSc1cc(C(=O)N(C)OC)cc(SCC)n1. The topological polar surface area (TPSA) is 42.4 Å². The molecule has 1 heterocycles. The number of nitrogens with zero attached hydrogens (tertiary/aromatic N) is 2. The van der Waals surface area contributed by atoms with E-state index in [0.717, 1.165) is 21.6 Å². The summed E-state index contributed by atoms with van der Waals surface area (Å²) in [6, 6.07) is 3.62. The summed E-state index contributed by atoms with van der Waals surface area (Å²) in [6.07, 6.45) is 0. The van der Waals surface area contributed by atoms with Gasteiger partial charge in [-0.25, -0.2) is 10.0 Å². The molecule has 0 unspecified atom stereocenters. The van der Waals surface area contributed by atoms with Crippen LogP contribution in [0.1, 0.15) is 24.2 Å². The lowest BCUT2D eigenvalue weighted by Gasteiger charge is -2.14. The maximum absolute atomic E-state index is 12.0. The predicted octanol–water partition coefficient (Wildman–Crippen LogP) is 2.94. The van der Waals surface area contributed by atoms with Crippen molar-refractivity contribution in [2.75, 3.05) is 25.7 Å². The van der Waals surface area contributed by atoms with E-state index >= 15 is 0 Å². The van der Waals surface area contributed by atoms with Gasteiger partial charge < -0.3 is 0 Å². The average Bonchev–Trinajstić information content (AvgIpc) is 2.37. The van der Waals surface area contributed by atoms with E-state index < -0.39 is 0 Å². The molecule has 1 rings (SSSR count). The molecule has 0 N–H and O–H groups in total. The van der Waals surface area contributed by atoms with Gasteiger partial charge in [-0.15, -0.1) is 23.5 Å². The minimum absolute atomic E-state index is 0.157. The number of hydroxylamine groups is 2. The van der Waals surface area contributed by atoms with Crippen LogP contribution in [0.5, 0.6) is 0 Å². The van der Waals surface area contributed by atoms with Gasteiger partial charge in [0.15, 0.2) is 0 Å². The normalized spacial score (nSPS) is 10.4. The Balaban J connectivity index is 3.05. The molecule has 1 aromatic rings. The van der Waals surface area contributed by atoms with Crippen LogP contribution in [0.2, 0.25) is 0 Å². The lowest BCUT2D eigenvalue weighted by molar-refractivity contribution is -0.0757. The molecule has 4 nitrogen and oxygen atoms in total. The third kappa shape index (κ3) is 4.19. The first kappa shape index (κ1) is 15.3. The van der Waals surface area contributed by atoms with Gasteiger partial charge in [0.25, 0.3) is 5.91 Å². The van der Waals surface area contributed by atoms with Crippen LogP contribution >= 0.6 is 23.5 Å². The molecule has 0 atom stereocenters. The van der Waals surface area contributed by atoms with Crippen molar-refractivity contribution in [3.05, 3.63) is 17.7 Å². The Hall–Kier alpha value is -0.720. The van der Waals surface area contributed by atoms with Gasteiger partial charge in [-0.2, -0.15) is 0 Å². The van der Waals surface area contributed by atoms with Crippen molar-refractivity contribution in [2.24, 2.45) is 0 Å². The second-order valence-corrected chi connectivity index (χ2v) is 5.95. The number of thioether (sulfide) groups is 2. The Morgan fingerprint density at radius 3 is 2.17 bits per heavy atom. The van der Waals surface area contributed by atoms with Crippen molar-refractivity contribution >= 4 is 29.4 Å². The fourth-order valence-corrected chi connectivity index (χ4v) is 2.71. The van der Waals surface area contributed by atoms with E-state index in [4.69, 9.17) is 4.84 Å². The highest BCUT2D eigenvalue weighted by atomic mass is 32.2. The number of hydrogen-bond acceptors (Lipinski definition) is 5. The van der Waals surface area contributed by atoms with E-state index in [0.29, 0.717) is 5.56 Å². The van der Waals surface area contributed by atoms with Crippen LogP contribution in [0.15, 0.2) is 22.2 Å². The molecule has 6 heteroatoms. The summed E-state index contributed by atoms with van der Waals surface area (Å²) in [5.41, 5.74) is 0.612. The molecule has 0 aliphatic carbocycles. The minimum atomic E-state index is -0.157. The Bertz CT molecular complexity index is 389. The number of amides is 1. The van der Waals surface area contributed by atoms with Gasteiger partial charge in [-0.05, 0) is 23.6 Å². The molecule has 0 aliphatic heterocycles. The zero-order chi connectivity index (χ0) is 13.5. The summed E-state index contributed by atoms with van der Waals surface area (Å²) in [5.74, 6) is 1.71. The lowest BCUT2D eigenvalue weighted by atomic mass is 10.2. The second-order valence-electron chi connectivity index (χ2n) is 3.38. The van der Waals surface area contributed by atoms with Gasteiger partial charge in [-0.3, -0.25) is 9.63 Å². The molecule has 0 aromatic carbocycles. The van der Waals surface area contributed by atoms with Crippen LogP contribution in [-0.2, 0) is 4.84 Å². The number of rotatable bonds is 6. The summed E-state index contributed by atoms with van der Waals surface area (Å²) in [7, 11) is 3.07. The molecule has 0 saturated heterocycles. The number of carbonyl (C=O) groups is 1. The molecular weight excluding hydrogens is 268 g/mol. The van der Waals surface area contributed by atoms with Crippen LogP contribution in [0.25, 0.3) is 0 Å². The first-order valence-corrected chi connectivity index (χ1v) is 7.69. The maximum Gasteiger partial charge on any atom is 0.277 e. The van der Waals surface area contributed by atoms with Gasteiger partial charge >= 0.3 is 0 Å². The van der Waals surface area contributed by atoms with Gasteiger partial charge in [-0.1, -0.05) is 13.8 Å². The highest BCUT2D eigenvalue weighted by Crippen LogP contribution is 2.23. The molecular formula is C12H18N2O2S2. The first-order valence-electron chi connectivity index (χ1n) is 5.72. The maximum atomic E-state index is 12.0. The monoisotopic (exact) mass is 286 g/mol. The van der Waals surface area contributed by atoms with Crippen molar-refractivity contribution in [1.82, 2.24) is 10.0 Å². The van der Waals surface area contributed by atoms with E-state index in [-0.39, 0.29) is 5.91 Å². The first-order chi connectivity index (χ1) is 8.62. The zero-order valence-electron chi connectivity index (χ0n) is 11.1.